The lowest BCUT2D eigenvalue weighted by Gasteiger charge is -2.02. The Hall–Kier alpha value is -1.06. The molecule has 0 atom stereocenters. The molecule has 0 aliphatic carbocycles. The van der Waals surface area contributed by atoms with Gasteiger partial charge in [-0.3, -0.25) is 5.41 Å². The minimum Gasteiger partial charge on any atom is -0.264 e. The Kier molecular flexibility index (Phi) is 10.8. The van der Waals surface area contributed by atoms with Gasteiger partial charge < -0.3 is 0 Å². The molecule has 0 aromatic rings. The van der Waals surface area contributed by atoms with Gasteiger partial charge in [0.2, 0.25) is 0 Å². The fourth-order valence-electron chi connectivity index (χ4n) is 2.68. The van der Waals surface area contributed by atoms with Crippen LogP contribution >= 0.6 is 0 Å². The zero-order valence-electron chi connectivity index (χ0n) is 13.7. The molecule has 0 fully saturated rings. The summed E-state index contributed by atoms with van der Waals surface area (Å²) >= 11 is 0. The predicted molar refractivity (Wildman–Crippen MR) is 90.3 cm³/mol. The second kappa shape index (κ2) is 12.7. The highest BCUT2D eigenvalue weighted by Gasteiger charge is 2.06. The Morgan fingerprint density at radius 2 is 1.14 bits per heavy atom. The van der Waals surface area contributed by atoms with Crippen LogP contribution in [-0.2, 0) is 0 Å². The maximum absolute atomic E-state index is 7.20. The van der Waals surface area contributed by atoms with Crippen molar-refractivity contribution in [1.82, 2.24) is 0 Å². The number of azo groups is 1. The summed E-state index contributed by atoms with van der Waals surface area (Å²) in [5.41, 5.74) is 0. The van der Waals surface area contributed by atoms with Crippen LogP contribution < -0.4 is 0 Å². The highest BCUT2D eigenvalue weighted by molar-refractivity contribution is 5.99. The zero-order chi connectivity index (χ0) is 15.2. The van der Waals surface area contributed by atoms with Gasteiger partial charge in [0.25, 0.3) is 5.96 Å². The summed E-state index contributed by atoms with van der Waals surface area (Å²) in [6, 6.07) is 0. The topological polar surface area (TPSA) is 60.9 Å². The SMILES string of the molecule is CCCCCCCCCCCCCCCC1=NC(=N)N=N1. The van der Waals surface area contributed by atoms with Crippen LogP contribution in [0.25, 0.3) is 0 Å². The lowest BCUT2D eigenvalue weighted by molar-refractivity contribution is 0.541. The number of aliphatic imine (C=N–C) groups is 1. The van der Waals surface area contributed by atoms with E-state index in [0.717, 1.165) is 18.7 Å². The van der Waals surface area contributed by atoms with E-state index in [0.29, 0.717) is 0 Å². The van der Waals surface area contributed by atoms with E-state index in [-0.39, 0.29) is 5.96 Å². The van der Waals surface area contributed by atoms with E-state index in [1.54, 1.807) is 0 Å². The van der Waals surface area contributed by atoms with E-state index in [2.05, 4.69) is 22.1 Å². The fourth-order valence-corrected chi connectivity index (χ4v) is 2.68. The van der Waals surface area contributed by atoms with E-state index in [1.165, 1.54) is 77.0 Å². The molecule has 0 aromatic heterocycles. The number of rotatable bonds is 14. The van der Waals surface area contributed by atoms with Crippen molar-refractivity contribution in [3.8, 4) is 0 Å². The lowest BCUT2D eigenvalue weighted by Crippen LogP contribution is -1.91. The van der Waals surface area contributed by atoms with Crippen LogP contribution in [0.5, 0.6) is 0 Å². The maximum atomic E-state index is 7.20. The van der Waals surface area contributed by atoms with Crippen LogP contribution in [0.2, 0.25) is 0 Å². The van der Waals surface area contributed by atoms with Gasteiger partial charge in [0, 0.05) is 6.42 Å². The van der Waals surface area contributed by atoms with Crippen LogP contribution in [0.4, 0.5) is 0 Å². The van der Waals surface area contributed by atoms with Gasteiger partial charge in [-0.2, -0.15) is 4.99 Å². The van der Waals surface area contributed by atoms with Crippen molar-refractivity contribution in [3.63, 3.8) is 0 Å². The first-order valence-corrected chi connectivity index (χ1v) is 8.91. The molecule has 0 unspecified atom stereocenters. The van der Waals surface area contributed by atoms with Gasteiger partial charge in [-0.05, 0) is 6.42 Å². The molecule has 0 amide bonds. The molecule has 0 saturated carbocycles. The molecule has 4 nitrogen and oxygen atoms in total. The molecule has 1 aliphatic rings. The molecule has 1 N–H and O–H groups in total. The van der Waals surface area contributed by atoms with Crippen LogP contribution in [0.15, 0.2) is 15.2 Å². The van der Waals surface area contributed by atoms with Crippen LogP contribution in [0.1, 0.15) is 96.8 Å². The van der Waals surface area contributed by atoms with Crippen molar-refractivity contribution >= 4 is 11.8 Å². The Labute approximate surface area is 130 Å². The van der Waals surface area contributed by atoms with E-state index in [1.807, 2.05) is 0 Å². The van der Waals surface area contributed by atoms with Gasteiger partial charge in [-0.25, -0.2) is 0 Å². The van der Waals surface area contributed by atoms with E-state index < -0.39 is 0 Å². The minimum absolute atomic E-state index is 0.0553. The molecule has 1 rings (SSSR count). The molecule has 4 heteroatoms. The molecule has 0 spiro atoms. The van der Waals surface area contributed by atoms with Crippen molar-refractivity contribution in [2.75, 3.05) is 0 Å². The molecular weight excluding hydrogens is 260 g/mol. The van der Waals surface area contributed by atoms with Gasteiger partial charge in [-0.15, -0.1) is 10.2 Å². The molecule has 1 heterocycles. The summed E-state index contributed by atoms with van der Waals surface area (Å²) in [7, 11) is 0. The third kappa shape index (κ3) is 10.3. The van der Waals surface area contributed by atoms with E-state index in [9.17, 15) is 0 Å². The van der Waals surface area contributed by atoms with Gasteiger partial charge >= 0.3 is 0 Å². The third-order valence-corrected chi connectivity index (χ3v) is 4.00. The summed E-state index contributed by atoms with van der Waals surface area (Å²) in [4.78, 5) is 3.95. The molecule has 0 aromatic carbocycles. The zero-order valence-corrected chi connectivity index (χ0v) is 13.7. The van der Waals surface area contributed by atoms with Crippen molar-refractivity contribution in [1.29, 1.82) is 5.41 Å². The molecular formula is C17H32N4. The summed E-state index contributed by atoms with van der Waals surface area (Å²) in [6.45, 7) is 2.27. The number of hydrogen-bond donors (Lipinski definition) is 1. The largest absolute Gasteiger partial charge is 0.264 e. The molecule has 1 aliphatic heterocycles. The molecule has 0 saturated heterocycles. The molecule has 21 heavy (non-hydrogen) atoms. The number of unbranched alkanes of at least 4 members (excludes halogenated alkanes) is 12. The Balaban J connectivity index is 1.74. The van der Waals surface area contributed by atoms with Crippen molar-refractivity contribution in [2.45, 2.75) is 96.8 Å². The Bertz CT molecular complexity index is 334. The van der Waals surface area contributed by atoms with E-state index >= 15 is 0 Å². The standard InChI is InChI=1S/C17H32N4/c1-2-3-4-5-6-7-8-9-10-11-12-13-14-15-16-19-17(18)21-20-16/h18H,2-15H2,1H3. The monoisotopic (exact) mass is 292 g/mol. The molecule has 0 radical (unpaired) electrons. The number of nitrogens with zero attached hydrogens (tertiary/aromatic N) is 3. The second-order valence-electron chi connectivity index (χ2n) is 6.04. The fraction of sp³-hybridized carbons (Fsp3) is 0.882. The number of nitrogens with one attached hydrogen (secondary N) is 1. The van der Waals surface area contributed by atoms with Crippen LogP contribution in [-0.4, -0.2) is 11.8 Å². The maximum Gasteiger partial charge on any atom is 0.263 e. The lowest BCUT2D eigenvalue weighted by atomic mass is 10.0. The van der Waals surface area contributed by atoms with Crippen molar-refractivity contribution in [2.24, 2.45) is 15.2 Å². The minimum atomic E-state index is 0.0553. The number of hydrogen-bond acceptors (Lipinski definition) is 2. The molecule has 120 valence electrons. The smallest absolute Gasteiger partial charge is 0.263 e. The summed E-state index contributed by atoms with van der Waals surface area (Å²) in [5, 5.41) is 14.7. The summed E-state index contributed by atoms with van der Waals surface area (Å²) in [6.07, 6.45) is 18.6. The predicted octanol–water partition coefficient (Wildman–Crippen LogP) is 6.27. The highest BCUT2D eigenvalue weighted by Crippen LogP contribution is 2.13. The first-order valence-electron chi connectivity index (χ1n) is 8.91. The van der Waals surface area contributed by atoms with Gasteiger partial charge in [0.1, 0.15) is 0 Å². The molecule has 0 bridgehead atoms. The van der Waals surface area contributed by atoms with Gasteiger partial charge in [-0.1, -0.05) is 84.0 Å². The highest BCUT2D eigenvalue weighted by atomic mass is 15.3. The van der Waals surface area contributed by atoms with Gasteiger partial charge in [0.05, 0.1) is 0 Å². The summed E-state index contributed by atoms with van der Waals surface area (Å²) < 4.78 is 0. The Morgan fingerprint density at radius 1 is 0.667 bits per heavy atom. The Morgan fingerprint density at radius 3 is 1.57 bits per heavy atom. The van der Waals surface area contributed by atoms with Crippen LogP contribution in [0.3, 0.4) is 0 Å². The first kappa shape index (κ1) is 18.0. The van der Waals surface area contributed by atoms with Crippen molar-refractivity contribution < 1.29 is 0 Å². The average molecular weight is 292 g/mol. The van der Waals surface area contributed by atoms with Gasteiger partial charge in [0.15, 0.2) is 5.84 Å². The normalized spacial score (nSPS) is 14.0. The average Bonchev–Trinajstić information content (AvgIpc) is 2.89. The third-order valence-electron chi connectivity index (χ3n) is 4.00. The first-order chi connectivity index (χ1) is 10.3. The quantitative estimate of drug-likeness (QED) is 0.367. The van der Waals surface area contributed by atoms with E-state index in [4.69, 9.17) is 5.41 Å². The number of amidine groups is 1. The summed E-state index contributed by atoms with van der Waals surface area (Å²) in [5.74, 6) is 0.794. The van der Waals surface area contributed by atoms with Crippen molar-refractivity contribution in [3.05, 3.63) is 0 Å². The number of guanidine groups is 1. The second-order valence-corrected chi connectivity index (χ2v) is 6.04. The van der Waals surface area contributed by atoms with Crippen LogP contribution in [0, 0.1) is 5.41 Å².